The van der Waals surface area contributed by atoms with E-state index in [1.54, 1.807) is 39.0 Å². The molecule has 0 fully saturated rings. The first-order chi connectivity index (χ1) is 12.6. The molecule has 1 atom stereocenters. The maximum atomic E-state index is 12.7. The monoisotopic (exact) mass is 389 g/mol. The highest BCUT2D eigenvalue weighted by Gasteiger charge is 2.30. The number of rotatable bonds is 9. The van der Waals surface area contributed by atoms with Gasteiger partial charge >= 0.3 is 5.97 Å². The van der Waals surface area contributed by atoms with Gasteiger partial charge in [0, 0.05) is 17.0 Å². The van der Waals surface area contributed by atoms with Crippen LogP contribution in [0.4, 0.5) is 0 Å². The summed E-state index contributed by atoms with van der Waals surface area (Å²) in [5.74, 6) is -0.961. The highest BCUT2D eigenvalue weighted by atomic mass is 32.1. The molecule has 1 heterocycles. The lowest BCUT2D eigenvalue weighted by Gasteiger charge is -2.23. The third-order valence-electron chi connectivity index (χ3n) is 4.58. The SMILES string of the molecule is CC(C)C(=O)C(N)CC(=O)OCC(C)(C)C(=O)Cc1csc2ccccc12. The van der Waals surface area contributed by atoms with Gasteiger partial charge in [-0.3, -0.25) is 14.4 Å². The number of ketones is 2. The summed E-state index contributed by atoms with van der Waals surface area (Å²) >= 11 is 1.61. The molecule has 27 heavy (non-hydrogen) atoms. The summed E-state index contributed by atoms with van der Waals surface area (Å²) in [6.45, 7) is 6.97. The molecule has 146 valence electrons. The molecule has 2 rings (SSSR count). The van der Waals surface area contributed by atoms with E-state index in [1.165, 1.54) is 0 Å². The summed E-state index contributed by atoms with van der Waals surface area (Å²) in [6.07, 6.45) is 0.121. The molecule has 0 aliphatic heterocycles. The van der Waals surface area contributed by atoms with Gasteiger partial charge in [-0.1, -0.05) is 32.0 Å². The number of Topliss-reactive ketones (excluding diaryl/α,β-unsaturated/α-hetero) is 2. The maximum Gasteiger partial charge on any atom is 0.307 e. The van der Waals surface area contributed by atoms with Gasteiger partial charge < -0.3 is 10.5 Å². The van der Waals surface area contributed by atoms with Gasteiger partial charge in [0.15, 0.2) is 5.78 Å². The molecule has 0 aliphatic carbocycles. The van der Waals surface area contributed by atoms with Gasteiger partial charge in [-0.2, -0.15) is 0 Å². The zero-order valence-corrected chi connectivity index (χ0v) is 17.1. The number of ether oxygens (including phenoxy) is 1. The first-order valence-corrected chi connectivity index (χ1v) is 9.93. The molecule has 0 spiro atoms. The third kappa shape index (κ3) is 5.47. The van der Waals surface area contributed by atoms with Gasteiger partial charge in [-0.15, -0.1) is 11.3 Å². The Morgan fingerprint density at radius 1 is 1.19 bits per heavy atom. The van der Waals surface area contributed by atoms with E-state index in [-0.39, 0.29) is 30.5 Å². The van der Waals surface area contributed by atoms with E-state index in [4.69, 9.17) is 10.5 Å². The van der Waals surface area contributed by atoms with Crippen LogP contribution in [0.15, 0.2) is 29.6 Å². The van der Waals surface area contributed by atoms with Crippen molar-refractivity contribution in [3.8, 4) is 0 Å². The first-order valence-electron chi connectivity index (χ1n) is 9.05. The summed E-state index contributed by atoms with van der Waals surface area (Å²) in [4.78, 5) is 36.5. The minimum absolute atomic E-state index is 0.00130. The van der Waals surface area contributed by atoms with Crippen molar-refractivity contribution in [3.05, 3.63) is 35.2 Å². The molecule has 1 aromatic heterocycles. The molecule has 0 bridgehead atoms. The van der Waals surface area contributed by atoms with Gasteiger partial charge in [0.25, 0.3) is 0 Å². The number of hydrogen-bond donors (Lipinski definition) is 1. The maximum absolute atomic E-state index is 12.7. The van der Waals surface area contributed by atoms with Crippen molar-refractivity contribution in [3.63, 3.8) is 0 Å². The molecule has 2 aromatic rings. The van der Waals surface area contributed by atoms with Crippen molar-refractivity contribution >= 4 is 39.0 Å². The summed E-state index contributed by atoms with van der Waals surface area (Å²) in [5.41, 5.74) is 5.92. The number of esters is 1. The molecule has 1 aromatic carbocycles. The largest absolute Gasteiger partial charge is 0.465 e. The standard InChI is InChI=1S/C21H27NO4S/c1-13(2)20(25)16(22)10-19(24)26-12-21(3,4)18(23)9-14-11-27-17-8-6-5-7-15(14)17/h5-8,11,13,16H,9-10,12,22H2,1-4H3. The number of hydrogen-bond acceptors (Lipinski definition) is 6. The van der Waals surface area contributed by atoms with Crippen LogP contribution in [0.25, 0.3) is 10.1 Å². The van der Waals surface area contributed by atoms with Crippen LogP contribution in [0.1, 0.15) is 39.7 Å². The lowest BCUT2D eigenvalue weighted by molar-refractivity contribution is -0.150. The van der Waals surface area contributed by atoms with Crippen LogP contribution in [-0.4, -0.2) is 30.2 Å². The fourth-order valence-electron chi connectivity index (χ4n) is 2.69. The van der Waals surface area contributed by atoms with Crippen molar-refractivity contribution in [2.75, 3.05) is 6.61 Å². The van der Waals surface area contributed by atoms with Crippen LogP contribution < -0.4 is 5.73 Å². The smallest absolute Gasteiger partial charge is 0.307 e. The fourth-order valence-corrected chi connectivity index (χ4v) is 3.65. The van der Waals surface area contributed by atoms with E-state index in [1.807, 2.05) is 29.6 Å². The minimum Gasteiger partial charge on any atom is -0.465 e. The van der Waals surface area contributed by atoms with Gasteiger partial charge in [-0.25, -0.2) is 0 Å². The van der Waals surface area contributed by atoms with E-state index >= 15 is 0 Å². The number of benzene rings is 1. The van der Waals surface area contributed by atoms with Crippen molar-refractivity contribution in [2.24, 2.45) is 17.1 Å². The Bertz CT molecular complexity index is 838. The van der Waals surface area contributed by atoms with Crippen molar-refractivity contribution in [1.82, 2.24) is 0 Å². The van der Waals surface area contributed by atoms with Gasteiger partial charge in [0.1, 0.15) is 12.4 Å². The topological polar surface area (TPSA) is 86.5 Å². The van der Waals surface area contributed by atoms with Crippen LogP contribution in [0, 0.1) is 11.3 Å². The third-order valence-corrected chi connectivity index (χ3v) is 5.59. The lowest BCUT2D eigenvalue weighted by atomic mass is 9.85. The molecule has 0 saturated heterocycles. The number of carbonyl (C=O) groups is 3. The average Bonchev–Trinajstić information content (AvgIpc) is 3.02. The average molecular weight is 390 g/mol. The van der Waals surface area contributed by atoms with E-state index in [9.17, 15) is 14.4 Å². The molecule has 5 nitrogen and oxygen atoms in total. The highest BCUT2D eigenvalue weighted by molar-refractivity contribution is 7.17. The van der Waals surface area contributed by atoms with Crippen LogP contribution in [0.3, 0.4) is 0 Å². The summed E-state index contributed by atoms with van der Waals surface area (Å²) in [6, 6.07) is 7.10. The summed E-state index contributed by atoms with van der Waals surface area (Å²) in [5, 5.41) is 3.09. The summed E-state index contributed by atoms with van der Waals surface area (Å²) in [7, 11) is 0. The van der Waals surface area contributed by atoms with E-state index < -0.39 is 17.4 Å². The van der Waals surface area contributed by atoms with Crippen molar-refractivity contribution in [1.29, 1.82) is 0 Å². The molecule has 0 amide bonds. The molecule has 1 unspecified atom stereocenters. The van der Waals surface area contributed by atoms with Crippen LogP contribution in [0.5, 0.6) is 0 Å². The molecule has 0 saturated carbocycles. The molecule has 6 heteroatoms. The zero-order chi connectivity index (χ0) is 20.2. The second-order valence-electron chi connectivity index (χ2n) is 7.77. The predicted molar refractivity (Wildman–Crippen MR) is 108 cm³/mol. The predicted octanol–water partition coefficient (Wildman–Crippen LogP) is 3.52. The summed E-state index contributed by atoms with van der Waals surface area (Å²) < 4.78 is 6.39. The Kier molecular flexibility index (Phi) is 6.89. The fraction of sp³-hybridized carbons (Fsp3) is 0.476. The van der Waals surface area contributed by atoms with Gasteiger partial charge in [0.2, 0.25) is 0 Å². The molecule has 0 radical (unpaired) electrons. The Morgan fingerprint density at radius 2 is 1.85 bits per heavy atom. The van der Waals surface area contributed by atoms with Crippen LogP contribution in [0.2, 0.25) is 0 Å². The molecular weight excluding hydrogens is 362 g/mol. The van der Waals surface area contributed by atoms with Gasteiger partial charge in [-0.05, 0) is 36.2 Å². The second kappa shape index (κ2) is 8.76. The minimum atomic E-state index is -0.867. The van der Waals surface area contributed by atoms with Gasteiger partial charge in [0.05, 0.1) is 17.9 Å². The zero-order valence-electron chi connectivity index (χ0n) is 16.3. The van der Waals surface area contributed by atoms with E-state index in [2.05, 4.69) is 0 Å². The second-order valence-corrected chi connectivity index (χ2v) is 8.68. The lowest BCUT2D eigenvalue weighted by Crippen LogP contribution is -2.37. The molecular formula is C21H27NO4S. The normalized spacial score (nSPS) is 13.0. The van der Waals surface area contributed by atoms with Crippen LogP contribution >= 0.6 is 11.3 Å². The number of thiophene rings is 1. The Hall–Kier alpha value is -2.05. The molecule has 2 N–H and O–H groups in total. The Morgan fingerprint density at radius 3 is 2.52 bits per heavy atom. The number of nitrogens with two attached hydrogens (primary N) is 1. The highest BCUT2D eigenvalue weighted by Crippen LogP contribution is 2.28. The first kappa shape index (κ1) is 21.3. The number of carbonyl (C=O) groups excluding carboxylic acids is 3. The molecule has 0 aliphatic rings. The quantitative estimate of drug-likeness (QED) is 0.663. The van der Waals surface area contributed by atoms with E-state index in [0.717, 1.165) is 15.6 Å². The van der Waals surface area contributed by atoms with Crippen molar-refractivity contribution < 1.29 is 19.1 Å². The Labute approximate surface area is 163 Å². The van der Waals surface area contributed by atoms with E-state index in [0.29, 0.717) is 6.42 Å². The Balaban J connectivity index is 1.92. The number of fused-ring (bicyclic) bond motifs is 1. The van der Waals surface area contributed by atoms with Crippen molar-refractivity contribution in [2.45, 2.75) is 46.6 Å². The van der Waals surface area contributed by atoms with Crippen LogP contribution in [-0.2, 0) is 25.5 Å².